The standard InChI is InChI=1S/C12H11N5O/c1-17-7-8(6-14-17)15-11-3-2-9-10(16-11)4-5-13-12(9)18/h2-7H,1H3,(H,13,18)(H,15,16). The Morgan fingerprint density at radius 3 is 3.00 bits per heavy atom. The van der Waals surface area contributed by atoms with Crippen molar-refractivity contribution in [2.45, 2.75) is 0 Å². The summed E-state index contributed by atoms with van der Waals surface area (Å²) in [6.07, 6.45) is 5.15. The molecular formula is C12H11N5O. The van der Waals surface area contributed by atoms with Crippen molar-refractivity contribution in [3.05, 3.63) is 47.1 Å². The SMILES string of the molecule is Cn1cc(Nc2ccc3c(=O)[nH]ccc3n2)cn1. The zero-order valence-electron chi connectivity index (χ0n) is 9.71. The second kappa shape index (κ2) is 3.99. The molecule has 0 saturated heterocycles. The van der Waals surface area contributed by atoms with Crippen LogP contribution in [0.5, 0.6) is 0 Å². The first-order valence-electron chi connectivity index (χ1n) is 5.46. The second-order valence-corrected chi connectivity index (χ2v) is 3.96. The van der Waals surface area contributed by atoms with Gasteiger partial charge in [-0.1, -0.05) is 0 Å². The topological polar surface area (TPSA) is 75.6 Å². The van der Waals surface area contributed by atoms with Crippen molar-refractivity contribution in [2.75, 3.05) is 5.32 Å². The van der Waals surface area contributed by atoms with Crippen LogP contribution < -0.4 is 10.9 Å². The summed E-state index contributed by atoms with van der Waals surface area (Å²) in [4.78, 5) is 18.5. The zero-order chi connectivity index (χ0) is 12.5. The predicted molar refractivity (Wildman–Crippen MR) is 68.9 cm³/mol. The molecule has 6 nitrogen and oxygen atoms in total. The number of H-pyrrole nitrogens is 1. The molecule has 0 amide bonds. The molecule has 90 valence electrons. The number of aryl methyl sites for hydroxylation is 1. The third kappa shape index (κ3) is 1.84. The van der Waals surface area contributed by atoms with Gasteiger partial charge in [0.2, 0.25) is 0 Å². The van der Waals surface area contributed by atoms with Gasteiger partial charge in [0, 0.05) is 19.4 Å². The largest absolute Gasteiger partial charge is 0.338 e. The number of fused-ring (bicyclic) bond motifs is 1. The van der Waals surface area contributed by atoms with Gasteiger partial charge in [0.15, 0.2) is 0 Å². The molecule has 0 atom stereocenters. The van der Waals surface area contributed by atoms with E-state index in [-0.39, 0.29) is 5.56 Å². The van der Waals surface area contributed by atoms with Crippen LogP contribution in [0.2, 0.25) is 0 Å². The maximum atomic E-state index is 11.5. The van der Waals surface area contributed by atoms with Gasteiger partial charge in [-0.3, -0.25) is 9.48 Å². The molecule has 0 aliphatic heterocycles. The molecule has 0 aromatic carbocycles. The number of aromatic amines is 1. The fourth-order valence-electron chi connectivity index (χ4n) is 1.77. The van der Waals surface area contributed by atoms with E-state index in [0.717, 1.165) is 5.69 Å². The average molecular weight is 241 g/mol. The number of hydrogen-bond donors (Lipinski definition) is 2. The Labute approximate surface area is 102 Å². The summed E-state index contributed by atoms with van der Waals surface area (Å²) < 4.78 is 1.70. The van der Waals surface area contributed by atoms with Crippen LogP contribution >= 0.6 is 0 Å². The fraction of sp³-hybridized carbons (Fsp3) is 0.0833. The molecule has 0 radical (unpaired) electrons. The molecule has 0 unspecified atom stereocenters. The predicted octanol–water partition coefficient (Wildman–Crippen LogP) is 1.40. The van der Waals surface area contributed by atoms with Crippen LogP contribution in [0.25, 0.3) is 10.9 Å². The van der Waals surface area contributed by atoms with Crippen molar-refractivity contribution >= 4 is 22.4 Å². The molecule has 3 aromatic rings. The van der Waals surface area contributed by atoms with Gasteiger partial charge in [0.05, 0.1) is 22.8 Å². The summed E-state index contributed by atoms with van der Waals surface area (Å²) in [5.74, 6) is 0.682. The molecule has 0 bridgehead atoms. The van der Waals surface area contributed by atoms with Crippen LogP contribution in [-0.4, -0.2) is 19.7 Å². The first-order chi connectivity index (χ1) is 8.72. The molecular weight excluding hydrogens is 230 g/mol. The van der Waals surface area contributed by atoms with E-state index in [4.69, 9.17) is 0 Å². The summed E-state index contributed by atoms with van der Waals surface area (Å²) in [7, 11) is 1.85. The minimum absolute atomic E-state index is 0.132. The first kappa shape index (κ1) is 10.5. The normalized spacial score (nSPS) is 10.7. The number of anilines is 2. The molecule has 3 aromatic heterocycles. The van der Waals surface area contributed by atoms with Crippen molar-refractivity contribution in [2.24, 2.45) is 7.05 Å². The monoisotopic (exact) mass is 241 g/mol. The average Bonchev–Trinajstić information content (AvgIpc) is 2.75. The van der Waals surface area contributed by atoms with Gasteiger partial charge in [-0.05, 0) is 18.2 Å². The van der Waals surface area contributed by atoms with Crippen molar-refractivity contribution in [1.82, 2.24) is 19.7 Å². The quantitative estimate of drug-likeness (QED) is 0.711. The lowest BCUT2D eigenvalue weighted by molar-refractivity contribution is 0.768. The summed E-state index contributed by atoms with van der Waals surface area (Å²) in [6.45, 7) is 0. The lowest BCUT2D eigenvalue weighted by atomic mass is 10.2. The van der Waals surface area contributed by atoms with Crippen LogP contribution in [0.3, 0.4) is 0 Å². The number of pyridine rings is 2. The Kier molecular flexibility index (Phi) is 2.33. The highest BCUT2D eigenvalue weighted by Crippen LogP contribution is 2.15. The van der Waals surface area contributed by atoms with Gasteiger partial charge in [-0.2, -0.15) is 5.10 Å². The van der Waals surface area contributed by atoms with E-state index in [0.29, 0.717) is 16.7 Å². The van der Waals surface area contributed by atoms with Crippen molar-refractivity contribution < 1.29 is 0 Å². The molecule has 0 aliphatic carbocycles. The van der Waals surface area contributed by atoms with Crippen LogP contribution in [0.1, 0.15) is 0 Å². The molecule has 18 heavy (non-hydrogen) atoms. The van der Waals surface area contributed by atoms with Crippen LogP contribution in [0, 0.1) is 0 Å². The molecule has 3 heterocycles. The summed E-state index contributed by atoms with van der Waals surface area (Å²) in [6, 6.07) is 5.29. The number of aromatic nitrogens is 4. The van der Waals surface area contributed by atoms with Crippen LogP contribution in [0.4, 0.5) is 11.5 Å². The number of hydrogen-bond acceptors (Lipinski definition) is 4. The summed E-state index contributed by atoms with van der Waals surface area (Å²) in [5.41, 5.74) is 1.38. The molecule has 0 saturated carbocycles. The van der Waals surface area contributed by atoms with Gasteiger partial charge in [-0.25, -0.2) is 4.98 Å². The van der Waals surface area contributed by atoms with Gasteiger partial charge in [0.25, 0.3) is 5.56 Å². The van der Waals surface area contributed by atoms with E-state index >= 15 is 0 Å². The maximum Gasteiger partial charge on any atom is 0.257 e. The van der Waals surface area contributed by atoms with Crippen LogP contribution in [0.15, 0.2) is 41.6 Å². The van der Waals surface area contributed by atoms with E-state index in [9.17, 15) is 4.79 Å². The first-order valence-corrected chi connectivity index (χ1v) is 5.46. The van der Waals surface area contributed by atoms with Crippen molar-refractivity contribution in [1.29, 1.82) is 0 Å². The minimum Gasteiger partial charge on any atom is -0.338 e. The van der Waals surface area contributed by atoms with Crippen LogP contribution in [-0.2, 0) is 7.05 Å². The van der Waals surface area contributed by atoms with E-state index in [1.54, 1.807) is 35.3 Å². The summed E-state index contributed by atoms with van der Waals surface area (Å²) in [5, 5.41) is 7.77. The number of rotatable bonds is 2. The molecule has 0 aliphatic rings. The molecule has 3 rings (SSSR count). The highest BCUT2D eigenvalue weighted by atomic mass is 16.1. The van der Waals surface area contributed by atoms with Crippen molar-refractivity contribution in [3.8, 4) is 0 Å². The van der Waals surface area contributed by atoms with E-state index in [2.05, 4.69) is 20.4 Å². The van der Waals surface area contributed by atoms with E-state index in [1.807, 2.05) is 13.2 Å². The van der Waals surface area contributed by atoms with Gasteiger partial charge in [0.1, 0.15) is 5.82 Å². The lowest BCUT2D eigenvalue weighted by Crippen LogP contribution is -2.05. The minimum atomic E-state index is -0.132. The molecule has 0 spiro atoms. The Morgan fingerprint density at radius 1 is 1.33 bits per heavy atom. The highest BCUT2D eigenvalue weighted by Gasteiger charge is 2.02. The molecule has 0 fully saturated rings. The van der Waals surface area contributed by atoms with E-state index in [1.165, 1.54) is 0 Å². The Bertz CT molecular complexity index is 758. The zero-order valence-corrected chi connectivity index (χ0v) is 9.71. The molecule has 6 heteroatoms. The fourth-order valence-corrected chi connectivity index (χ4v) is 1.77. The summed E-state index contributed by atoms with van der Waals surface area (Å²) >= 11 is 0. The number of nitrogens with one attached hydrogen (secondary N) is 2. The smallest absolute Gasteiger partial charge is 0.257 e. The van der Waals surface area contributed by atoms with Gasteiger partial charge < -0.3 is 10.3 Å². The second-order valence-electron chi connectivity index (χ2n) is 3.96. The molecule has 2 N–H and O–H groups in total. The third-order valence-electron chi connectivity index (χ3n) is 2.60. The van der Waals surface area contributed by atoms with Gasteiger partial charge in [-0.15, -0.1) is 0 Å². The Balaban J connectivity index is 2.01. The lowest BCUT2D eigenvalue weighted by Gasteiger charge is -2.03. The van der Waals surface area contributed by atoms with Crippen molar-refractivity contribution in [3.63, 3.8) is 0 Å². The Morgan fingerprint density at radius 2 is 2.22 bits per heavy atom. The number of nitrogens with zero attached hydrogens (tertiary/aromatic N) is 3. The van der Waals surface area contributed by atoms with Gasteiger partial charge >= 0.3 is 0 Å². The van der Waals surface area contributed by atoms with E-state index < -0.39 is 0 Å². The maximum absolute atomic E-state index is 11.5. The Hall–Kier alpha value is -2.63. The highest BCUT2D eigenvalue weighted by molar-refractivity contribution is 5.79. The third-order valence-corrected chi connectivity index (χ3v) is 2.60.